The molecule has 0 aromatic carbocycles. The lowest BCUT2D eigenvalue weighted by atomic mass is 10.3. The van der Waals surface area contributed by atoms with Gasteiger partial charge in [0.15, 0.2) is 0 Å². The molecule has 62 valence electrons. The molecule has 0 bridgehead atoms. The first kappa shape index (κ1) is 10.1. The summed E-state index contributed by atoms with van der Waals surface area (Å²) in [7, 11) is 0. The van der Waals surface area contributed by atoms with E-state index in [-0.39, 0.29) is 0 Å². The summed E-state index contributed by atoms with van der Waals surface area (Å²) >= 11 is 4.35. The average Bonchev–Trinajstić information content (AvgIpc) is 1.96. The molecule has 0 radical (unpaired) electrons. The molecule has 5 heteroatoms. The van der Waals surface area contributed by atoms with Gasteiger partial charge in [0.25, 0.3) is 0 Å². The van der Waals surface area contributed by atoms with Crippen molar-refractivity contribution in [2.75, 3.05) is 13.2 Å². The number of hydrogen-bond acceptors (Lipinski definition) is 4. The summed E-state index contributed by atoms with van der Waals surface area (Å²) in [5.74, 6) is 0. The maximum absolute atomic E-state index is 10.0. The van der Waals surface area contributed by atoms with Crippen LogP contribution < -0.4 is 5.73 Å². The van der Waals surface area contributed by atoms with Gasteiger partial charge in [0.05, 0.1) is 11.8 Å². The molecule has 0 aliphatic carbocycles. The van der Waals surface area contributed by atoms with Gasteiger partial charge in [-0.25, -0.2) is 9.79 Å². The lowest BCUT2D eigenvalue weighted by Crippen LogP contribution is -2.13. The zero-order valence-corrected chi connectivity index (χ0v) is 6.89. The van der Waals surface area contributed by atoms with Gasteiger partial charge in [-0.1, -0.05) is 0 Å². The number of amides is 1. The molecular formula is C6H10N2O2S. The van der Waals surface area contributed by atoms with Gasteiger partial charge < -0.3 is 10.5 Å². The van der Waals surface area contributed by atoms with E-state index in [1.54, 1.807) is 0 Å². The van der Waals surface area contributed by atoms with Gasteiger partial charge in [-0.15, -0.1) is 0 Å². The van der Waals surface area contributed by atoms with Crippen LogP contribution in [0.2, 0.25) is 0 Å². The van der Waals surface area contributed by atoms with E-state index in [2.05, 4.69) is 27.1 Å². The van der Waals surface area contributed by atoms with E-state index in [0.29, 0.717) is 13.2 Å². The molecule has 1 amide bonds. The summed E-state index contributed by atoms with van der Waals surface area (Å²) < 4.78 is 4.47. The number of ether oxygens (including phenoxy) is 1. The van der Waals surface area contributed by atoms with Crippen molar-refractivity contribution in [1.29, 1.82) is 0 Å². The van der Waals surface area contributed by atoms with Crippen molar-refractivity contribution in [3.8, 4) is 0 Å². The van der Waals surface area contributed by atoms with Crippen molar-refractivity contribution in [3.63, 3.8) is 0 Å². The fourth-order valence-electron chi connectivity index (χ4n) is 0.511. The smallest absolute Gasteiger partial charge is 0.404 e. The molecule has 2 N–H and O–H groups in total. The third-order valence-corrected chi connectivity index (χ3v) is 1.10. The molecule has 4 nitrogen and oxygen atoms in total. The molecule has 0 unspecified atom stereocenters. The van der Waals surface area contributed by atoms with Crippen LogP contribution in [-0.4, -0.2) is 24.4 Å². The van der Waals surface area contributed by atoms with Gasteiger partial charge in [0, 0.05) is 6.54 Å². The van der Waals surface area contributed by atoms with Crippen LogP contribution in [0, 0.1) is 0 Å². The van der Waals surface area contributed by atoms with Crippen molar-refractivity contribution in [3.05, 3.63) is 0 Å². The van der Waals surface area contributed by atoms with E-state index in [0.717, 1.165) is 12.8 Å². The number of aliphatic imine (C=N–C) groups is 1. The summed E-state index contributed by atoms with van der Waals surface area (Å²) in [5.41, 5.74) is 4.72. The molecule has 0 rings (SSSR count). The Morgan fingerprint density at radius 1 is 1.64 bits per heavy atom. The van der Waals surface area contributed by atoms with Crippen LogP contribution in [0.5, 0.6) is 0 Å². The molecule has 0 aromatic rings. The largest absolute Gasteiger partial charge is 0.450 e. The Bertz CT molecular complexity index is 162. The Morgan fingerprint density at radius 3 is 2.91 bits per heavy atom. The summed E-state index contributed by atoms with van der Waals surface area (Å²) in [6.07, 6.45) is 0.851. The van der Waals surface area contributed by atoms with Gasteiger partial charge in [-0.2, -0.15) is 0 Å². The maximum atomic E-state index is 10.0. The van der Waals surface area contributed by atoms with E-state index in [4.69, 9.17) is 5.73 Å². The zero-order chi connectivity index (χ0) is 8.53. The molecule has 0 saturated carbocycles. The number of unbranched alkanes of at least 4 members (excludes halogenated alkanes) is 1. The highest BCUT2D eigenvalue weighted by atomic mass is 32.1. The first-order chi connectivity index (χ1) is 5.27. The summed E-state index contributed by atoms with van der Waals surface area (Å²) in [6.45, 7) is 0.980. The van der Waals surface area contributed by atoms with E-state index in [9.17, 15) is 4.79 Å². The second-order valence-corrected chi connectivity index (χ2v) is 2.03. The number of nitrogens with zero attached hydrogens (tertiary/aromatic N) is 1. The van der Waals surface area contributed by atoms with Crippen molar-refractivity contribution < 1.29 is 9.53 Å². The summed E-state index contributed by atoms with van der Waals surface area (Å²) in [6, 6.07) is 0. The highest BCUT2D eigenvalue weighted by Crippen LogP contribution is 1.89. The summed E-state index contributed by atoms with van der Waals surface area (Å²) in [5, 5.41) is 2.24. The van der Waals surface area contributed by atoms with Crippen LogP contribution in [0.3, 0.4) is 0 Å². The van der Waals surface area contributed by atoms with Crippen LogP contribution >= 0.6 is 12.2 Å². The number of rotatable bonds is 5. The number of nitrogens with two attached hydrogens (primary N) is 1. The monoisotopic (exact) mass is 174 g/mol. The Hall–Kier alpha value is -0.930. The topological polar surface area (TPSA) is 64.7 Å². The predicted molar refractivity (Wildman–Crippen MR) is 44.7 cm³/mol. The lowest BCUT2D eigenvalue weighted by Gasteiger charge is -1.97. The van der Waals surface area contributed by atoms with E-state index < -0.39 is 6.09 Å². The number of carbonyl (C=O) groups is 1. The number of carbonyl (C=O) groups excluding carboxylic acids is 1. The van der Waals surface area contributed by atoms with Crippen molar-refractivity contribution >= 4 is 23.5 Å². The van der Waals surface area contributed by atoms with Gasteiger partial charge in [-0.05, 0) is 25.1 Å². The molecule has 0 atom stereocenters. The van der Waals surface area contributed by atoms with Gasteiger partial charge >= 0.3 is 6.09 Å². The SMILES string of the molecule is NC(=O)OCCCCN=C=S. The van der Waals surface area contributed by atoms with Crippen LogP contribution in [0.1, 0.15) is 12.8 Å². The Balaban J connectivity index is 3.02. The van der Waals surface area contributed by atoms with Crippen LogP contribution in [-0.2, 0) is 4.74 Å². The Kier molecular flexibility index (Phi) is 6.57. The molecule has 0 aliphatic heterocycles. The number of isothiocyanates is 1. The standard InChI is InChI=1S/C6H10N2O2S/c7-6(9)10-4-2-1-3-8-5-11/h1-4H2,(H2,7,9). The van der Waals surface area contributed by atoms with E-state index in [1.165, 1.54) is 0 Å². The molecule has 0 aliphatic rings. The average molecular weight is 174 g/mol. The molecule has 0 spiro atoms. The fourth-order valence-corrected chi connectivity index (χ4v) is 0.603. The molecule has 0 heterocycles. The normalized spacial score (nSPS) is 8.36. The minimum Gasteiger partial charge on any atom is -0.450 e. The van der Waals surface area contributed by atoms with Crippen molar-refractivity contribution in [1.82, 2.24) is 0 Å². The quantitative estimate of drug-likeness (QED) is 0.383. The highest BCUT2D eigenvalue weighted by molar-refractivity contribution is 7.78. The molecule has 0 saturated heterocycles. The van der Waals surface area contributed by atoms with Gasteiger partial charge in [0.1, 0.15) is 0 Å². The zero-order valence-electron chi connectivity index (χ0n) is 6.08. The van der Waals surface area contributed by atoms with Crippen molar-refractivity contribution in [2.24, 2.45) is 10.7 Å². The Morgan fingerprint density at radius 2 is 2.36 bits per heavy atom. The predicted octanol–water partition coefficient (Wildman–Crippen LogP) is 0.965. The maximum Gasteiger partial charge on any atom is 0.404 e. The highest BCUT2D eigenvalue weighted by Gasteiger charge is 1.91. The second kappa shape index (κ2) is 7.18. The van der Waals surface area contributed by atoms with E-state index in [1.807, 2.05) is 0 Å². The second-order valence-electron chi connectivity index (χ2n) is 1.85. The minimum absolute atomic E-state index is 0.349. The number of thiocarbonyl (C=S) groups is 1. The summed E-state index contributed by atoms with van der Waals surface area (Å²) in [4.78, 5) is 13.7. The third-order valence-electron chi connectivity index (χ3n) is 0.973. The fraction of sp³-hybridized carbons (Fsp3) is 0.667. The third kappa shape index (κ3) is 9.07. The van der Waals surface area contributed by atoms with Crippen LogP contribution in [0.25, 0.3) is 0 Å². The first-order valence-electron chi connectivity index (χ1n) is 3.23. The number of hydrogen-bond donors (Lipinski definition) is 1. The lowest BCUT2D eigenvalue weighted by molar-refractivity contribution is 0.155. The Labute approximate surface area is 70.4 Å². The molecular weight excluding hydrogens is 164 g/mol. The van der Waals surface area contributed by atoms with E-state index >= 15 is 0 Å². The molecule has 0 aromatic heterocycles. The van der Waals surface area contributed by atoms with Gasteiger partial charge in [0.2, 0.25) is 0 Å². The first-order valence-corrected chi connectivity index (χ1v) is 3.64. The molecule has 0 fully saturated rings. The van der Waals surface area contributed by atoms with Gasteiger partial charge in [-0.3, -0.25) is 0 Å². The van der Waals surface area contributed by atoms with Crippen molar-refractivity contribution in [2.45, 2.75) is 12.8 Å². The minimum atomic E-state index is -0.733. The van der Waals surface area contributed by atoms with Crippen LogP contribution in [0.4, 0.5) is 4.79 Å². The van der Waals surface area contributed by atoms with Crippen LogP contribution in [0.15, 0.2) is 4.99 Å². The molecule has 11 heavy (non-hydrogen) atoms. The number of primary amides is 1.